The molecule has 2 N–H and O–H groups in total. The summed E-state index contributed by atoms with van der Waals surface area (Å²) in [5.41, 5.74) is 0.711. The van der Waals surface area contributed by atoms with Crippen molar-refractivity contribution >= 4 is 11.6 Å². The first-order valence-corrected chi connectivity index (χ1v) is 6.31. The minimum atomic E-state index is 0.0258. The van der Waals surface area contributed by atoms with E-state index >= 15 is 0 Å². The lowest BCUT2D eigenvalue weighted by atomic mass is 9.88. The Morgan fingerprint density at radius 2 is 2.39 bits per heavy atom. The molecule has 5 heteroatoms. The Labute approximate surface area is 107 Å². The van der Waals surface area contributed by atoms with Crippen LogP contribution in [-0.2, 0) is 4.79 Å². The highest BCUT2D eigenvalue weighted by Crippen LogP contribution is 2.18. The van der Waals surface area contributed by atoms with Crippen LogP contribution in [0.15, 0.2) is 18.3 Å². The Bertz CT molecular complexity index is 401. The molecule has 18 heavy (non-hydrogen) atoms. The first-order chi connectivity index (χ1) is 8.70. The summed E-state index contributed by atoms with van der Waals surface area (Å²) >= 11 is 0. The average molecular weight is 249 g/mol. The molecule has 1 unspecified atom stereocenters. The summed E-state index contributed by atoms with van der Waals surface area (Å²) in [4.78, 5) is 16.1. The molecule has 0 aliphatic carbocycles. The monoisotopic (exact) mass is 249 g/mol. The lowest BCUT2D eigenvalue weighted by molar-refractivity contribution is -0.121. The van der Waals surface area contributed by atoms with Crippen LogP contribution in [0.3, 0.4) is 0 Å². The molecule has 98 valence electrons. The van der Waals surface area contributed by atoms with E-state index in [-0.39, 0.29) is 11.8 Å². The normalized spacial score (nSPS) is 16.8. The summed E-state index contributed by atoms with van der Waals surface area (Å²) in [5.74, 6) is 1.10. The summed E-state index contributed by atoms with van der Waals surface area (Å²) in [7, 11) is 0. The summed E-state index contributed by atoms with van der Waals surface area (Å²) in [6.45, 7) is 6.31. The third-order valence-corrected chi connectivity index (χ3v) is 3.23. The van der Waals surface area contributed by atoms with E-state index in [4.69, 9.17) is 4.74 Å². The van der Waals surface area contributed by atoms with Crippen LogP contribution >= 0.6 is 0 Å². The maximum absolute atomic E-state index is 12.0. The molecule has 0 spiro atoms. The first kappa shape index (κ1) is 12.8. The number of hydrogen-bond acceptors (Lipinski definition) is 4. The van der Waals surface area contributed by atoms with Crippen molar-refractivity contribution in [2.24, 2.45) is 11.8 Å². The van der Waals surface area contributed by atoms with Gasteiger partial charge in [0, 0.05) is 12.0 Å². The summed E-state index contributed by atoms with van der Waals surface area (Å²) in [5, 5.41) is 6.05. The fraction of sp³-hybridized carbons (Fsp3) is 0.538. The molecule has 0 bridgehead atoms. The van der Waals surface area contributed by atoms with Gasteiger partial charge < -0.3 is 15.4 Å². The van der Waals surface area contributed by atoms with Crippen LogP contribution in [0.4, 0.5) is 5.69 Å². The Kier molecular flexibility index (Phi) is 4.15. The molecule has 1 amide bonds. The van der Waals surface area contributed by atoms with Gasteiger partial charge in [0.15, 0.2) is 0 Å². The Morgan fingerprint density at radius 1 is 1.61 bits per heavy atom. The number of anilines is 1. The number of carbonyl (C=O) groups excluding carboxylic acids is 1. The van der Waals surface area contributed by atoms with Crippen LogP contribution in [-0.4, -0.2) is 30.6 Å². The third-order valence-electron chi connectivity index (χ3n) is 3.23. The molecular formula is C13H19N3O2. The molecule has 1 aromatic rings. The Balaban J connectivity index is 1.89. The van der Waals surface area contributed by atoms with Gasteiger partial charge in [-0.05, 0) is 32.0 Å². The van der Waals surface area contributed by atoms with Gasteiger partial charge >= 0.3 is 0 Å². The van der Waals surface area contributed by atoms with Gasteiger partial charge in [-0.15, -0.1) is 0 Å². The fourth-order valence-electron chi connectivity index (χ4n) is 1.82. The lowest BCUT2D eigenvalue weighted by Crippen LogP contribution is -2.48. The highest BCUT2D eigenvalue weighted by atomic mass is 16.5. The molecule has 1 aliphatic heterocycles. The molecule has 1 saturated heterocycles. The molecular weight excluding hydrogens is 230 g/mol. The minimum Gasteiger partial charge on any atom is -0.478 e. The van der Waals surface area contributed by atoms with Gasteiger partial charge in [0.05, 0.1) is 18.5 Å². The Morgan fingerprint density at radius 3 is 2.89 bits per heavy atom. The van der Waals surface area contributed by atoms with E-state index in [0.29, 0.717) is 24.1 Å². The predicted octanol–water partition coefficient (Wildman–Crippen LogP) is 1.27. The van der Waals surface area contributed by atoms with Crippen molar-refractivity contribution < 1.29 is 9.53 Å². The van der Waals surface area contributed by atoms with Gasteiger partial charge in [0.25, 0.3) is 0 Å². The number of nitrogens with one attached hydrogen (secondary N) is 2. The van der Waals surface area contributed by atoms with E-state index in [1.807, 2.05) is 19.9 Å². The van der Waals surface area contributed by atoms with Crippen molar-refractivity contribution in [1.82, 2.24) is 10.3 Å². The van der Waals surface area contributed by atoms with Gasteiger partial charge in [-0.25, -0.2) is 4.98 Å². The number of pyridine rings is 1. The van der Waals surface area contributed by atoms with E-state index in [1.54, 1.807) is 12.3 Å². The smallest absolute Gasteiger partial charge is 0.227 e. The molecule has 2 rings (SSSR count). The van der Waals surface area contributed by atoms with Crippen LogP contribution in [0.2, 0.25) is 0 Å². The highest BCUT2D eigenvalue weighted by Gasteiger charge is 2.28. The maximum atomic E-state index is 12.0. The molecule has 1 aromatic heterocycles. The fourth-order valence-corrected chi connectivity index (χ4v) is 1.82. The van der Waals surface area contributed by atoms with Gasteiger partial charge in [-0.2, -0.15) is 0 Å². The average Bonchev–Trinajstić information content (AvgIpc) is 2.29. The quantitative estimate of drug-likeness (QED) is 0.825. The number of hydrogen-bond donors (Lipinski definition) is 2. The summed E-state index contributed by atoms with van der Waals surface area (Å²) in [6.07, 6.45) is 1.62. The first-order valence-electron chi connectivity index (χ1n) is 6.31. The molecule has 1 fully saturated rings. The van der Waals surface area contributed by atoms with Crippen LogP contribution in [0, 0.1) is 11.8 Å². The van der Waals surface area contributed by atoms with E-state index in [1.165, 1.54) is 0 Å². The van der Waals surface area contributed by atoms with Crippen LogP contribution in [0.1, 0.15) is 13.8 Å². The second-order valence-corrected chi connectivity index (χ2v) is 4.51. The molecule has 0 radical (unpaired) electrons. The molecule has 0 aromatic carbocycles. The van der Waals surface area contributed by atoms with E-state index in [2.05, 4.69) is 15.6 Å². The predicted molar refractivity (Wildman–Crippen MR) is 69.6 cm³/mol. The lowest BCUT2D eigenvalue weighted by Gasteiger charge is -2.31. The van der Waals surface area contributed by atoms with E-state index in [0.717, 1.165) is 13.1 Å². The second kappa shape index (κ2) is 5.82. The van der Waals surface area contributed by atoms with Gasteiger partial charge in [0.2, 0.25) is 11.8 Å². The number of amides is 1. The zero-order valence-electron chi connectivity index (χ0n) is 10.8. The number of aromatic nitrogens is 1. The van der Waals surface area contributed by atoms with Gasteiger partial charge in [0.1, 0.15) is 0 Å². The number of rotatable bonds is 5. The van der Waals surface area contributed by atoms with Crippen molar-refractivity contribution in [1.29, 1.82) is 0 Å². The van der Waals surface area contributed by atoms with Crippen LogP contribution in [0.5, 0.6) is 5.88 Å². The molecule has 0 saturated carbocycles. The van der Waals surface area contributed by atoms with Crippen molar-refractivity contribution in [2.75, 3.05) is 25.0 Å². The maximum Gasteiger partial charge on any atom is 0.227 e. The standard InChI is InChI=1S/C13H19N3O2/c1-3-18-12-5-4-11(8-15-12)16-13(17)9(2)10-6-14-7-10/h4-5,8-10,14H,3,6-7H2,1-2H3,(H,16,17). The minimum absolute atomic E-state index is 0.0258. The zero-order valence-corrected chi connectivity index (χ0v) is 10.8. The van der Waals surface area contributed by atoms with Crippen LogP contribution in [0.25, 0.3) is 0 Å². The number of carbonyl (C=O) groups is 1. The largest absolute Gasteiger partial charge is 0.478 e. The third kappa shape index (κ3) is 2.98. The van der Waals surface area contributed by atoms with E-state index in [9.17, 15) is 4.79 Å². The van der Waals surface area contributed by atoms with Crippen molar-refractivity contribution in [2.45, 2.75) is 13.8 Å². The second-order valence-electron chi connectivity index (χ2n) is 4.51. The molecule has 2 heterocycles. The Hall–Kier alpha value is -1.62. The van der Waals surface area contributed by atoms with Gasteiger partial charge in [-0.1, -0.05) is 6.92 Å². The topological polar surface area (TPSA) is 63.2 Å². The molecule has 5 nitrogen and oxygen atoms in total. The van der Waals surface area contributed by atoms with E-state index < -0.39 is 0 Å². The number of nitrogens with zero attached hydrogens (tertiary/aromatic N) is 1. The molecule has 1 aliphatic rings. The highest BCUT2D eigenvalue weighted by molar-refractivity contribution is 5.92. The van der Waals surface area contributed by atoms with Crippen molar-refractivity contribution in [3.8, 4) is 5.88 Å². The number of ether oxygens (including phenoxy) is 1. The SMILES string of the molecule is CCOc1ccc(NC(=O)C(C)C2CNC2)cn1. The zero-order chi connectivity index (χ0) is 13.0. The van der Waals surface area contributed by atoms with Crippen molar-refractivity contribution in [3.05, 3.63) is 18.3 Å². The van der Waals surface area contributed by atoms with Crippen molar-refractivity contribution in [3.63, 3.8) is 0 Å². The molecule has 1 atom stereocenters. The van der Waals surface area contributed by atoms with Crippen LogP contribution < -0.4 is 15.4 Å². The van der Waals surface area contributed by atoms with Gasteiger partial charge in [-0.3, -0.25) is 4.79 Å². The summed E-state index contributed by atoms with van der Waals surface area (Å²) < 4.78 is 5.25. The summed E-state index contributed by atoms with van der Waals surface area (Å²) in [6, 6.07) is 3.57.